The molecular formula is C17H13NO3. The number of nitrogens with one attached hydrogen (secondary N) is 1. The fourth-order valence-electron chi connectivity index (χ4n) is 2.16. The van der Waals surface area contributed by atoms with Crippen LogP contribution in [0.25, 0.3) is 10.8 Å². The van der Waals surface area contributed by atoms with E-state index in [2.05, 4.69) is 5.32 Å². The summed E-state index contributed by atoms with van der Waals surface area (Å²) in [6, 6.07) is 16.0. The zero-order valence-electron chi connectivity index (χ0n) is 11.4. The molecule has 104 valence electrons. The van der Waals surface area contributed by atoms with Crippen molar-refractivity contribution in [2.24, 2.45) is 0 Å². The maximum atomic E-state index is 12.2. The highest BCUT2D eigenvalue weighted by molar-refractivity contribution is 6.03. The van der Waals surface area contributed by atoms with Crippen molar-refractivity contribution < 1.29 is 9.21 Å². The van der Waals surface area contributed by atoms with Crippen LogP contribution in [0.2, 0.25) is 0 Å². The Morgan fingerprint density at radius 2 is 1.86 bits per heavy atom. The van der Waals surface area contributed by atoms with Gasteiger partial charge in [0.1, 0.15) is 0 Å². The van der Waals surface area contributed by atoms with E-state index in [4.69, 9.17) is 4.42 Å². The van der Waals surface area contributed by atoms with Crippen LogP contribution in [0.1, 0.15) is 16.1 Å². The van der Waals surface area contributed by atoms with E-state index in [0.717, 1.165) is 5.56 Å². The van der Waals surface area contributed by atoms with E-state index in [9.17, 15) is 9.59 Å². The van der Waals surface area contributed by atoms with Gasteiger partial charge < -0.3 is 9.73 Å². The summed E-state index contributed by atoms with van der Waals surface area (Å²) in [4.78, 5) is 24.0. The molecule has 1 amide bonds. The number of carbonyl (C=O) groups excluding carboxylic acids is 1. The third kappa shape index (κ3) is 2.69. The van der Waals surface area contributed by atoms with Gasteiger partial charge >= 0.3 is 5.63 Å². The molecule has 21 heavy (non-hydrogen) atoms. The van der Waals surface area contributed by atoms with Gasteiger partial charge in [-0.05, 0) is 42.1 Å². The Labute approximate surface area is 121 Å². The monoisotopic (exact) mass is 279 g/mol. The Morgan fingerprint density at radius 3 is 2.67 bits per heavy atom. The number of hydrogen-bond acceptors (Lipinski definition) is 3. The molecule has 0 atom stereocenters. The van der Waals surface area contributed by atoms with Gasteiger partial charge in [0.2, 0.25) is 0 Å². The summed E-state index contributed by atoms with van der Waals surface area (Å²) in [6.45, 7) is 1.94. The summed E-state index contributed by atoms with van der Waals surface area (Å²) in [5.41, 5.74) is 1.19. The Kier molecular flexibility index (Phi) is 3.28. The minimum absolute atomic E-state index is 0.000191. The summed E-state index contributed by atoms with van der Waals surface area (Å²) in [6.07, 6.45) is 0. The van der Waals surface area contributed by atoms with E-state index >= 15 is 0 Å². The van der Waals surface area contributed by atoms with Crippen molar-refractivity contribution in [3.05, 3.63) is 76.3 Å². The Bertz CT molecular complexity index is 880. The highest BCUT2D eigenvalue weighted by atomic mass is 16.4. The lowest BCUT2D eigenvalue weighted by molar-refractivity contribution is 0.0993. The number of aryl methyl sites for hydroxylation is 1. The fourth-order valence-corrected chi connectivity index (χ4v) is 2.16. The zero-order valence-corrected chi connectivity index (χ0v) is 11.4. The fraction of sp³-hybridized carbons (Fsp3) is 0.0588. The van der Waals surface area contributed by atoms with E-state index in [1.807, 2.05) is 31.2 Å². The highest BCUT2D eigenvalue weighted by Gasteiger charge is 2.12. The minimum Gasteiger partial charge on any atom is -0.417 e. The maximum Gasteiger partial charge on any atom is 0.344 e. The summed E-state index contributed by atoms with van der Waals surface area (Å²) in [5, 5.41) is 3.87. The Hall–Kier alpha value is -2.88. The van der Waals surface area contributed by atoms with Gasteiger partial charge in [0.05, 0.1) is 5.39 Å². The molecule has 0 aliphatic heterocycles. The van der Waals surface area contributed by atoms with Crippen molar-refractivity contribution in [1.29, 1.82) is 0 Å². The number of rotatable bonds is 2. The van der Waals surface area contributed by atoms with Crippen molar-refractivity contribution in [2.75, 3.05) is 5.32 Å². The van der Waals surface area contributed by atoms with E-state index < -0.39 is 11.5 Å². The second-order valence-electron chi connectivity index (χ2n) is 4.81. The predicted molar refractivity (Wildman–Crippen MR) is 81.6 cm³/mol. The van der Waals surface area contributed by atoms with Crippen LogP contribution in [-0.4, -0.2) is 5.91 Å². The zero-order chi connectivity index (χ0) is 14.8. The molecule has 1 N–H and O–H groups in total. The van der Waals surface area contributed by atoms with E-state index in [-0.39, 0.29) is 5.76 Å². The number of anilines is 1. The molecule has 0 fully saturated rings. The molecule has 3 rings (SSSR count). The quantitative estimate of drug-likeness (QED) is 0.782. The molecule has 0 bridgehead atoms. The normalized spacial score (nSPS) is 10.5. The lowest BCUT2D eigenvalue weighted by Gasteiger charge is -2.05. The molecule has 1 aromatic heterocycles. The molecule has 0 radical (unpaired) electrons. The van der Waals surface area contributed by atoms with Crippen LogP contribution >= 0.6 is 0 Å². The van der Waals surface area contributed by atoms with E-state index in [0.29, 0.717) is 16.5 Å². The summed E-state index contributed by atoms with van der Waals surface area (Å²) in [7, 11) is 0. The number of hydrogen-bond donors (Lipinski definition) is 1. The first kappa shape index (κ1) is 13.1. The minimum atomic E-state index is -0.512. The Balaban J connectivity index is 1.96. The maximum absolute atomic E-state index is 12.2. The van der Waals surface area contributed by atoms with Crippen LogP contribution in [0.15, 0.2) is 63.8 Å². The van der Waals surface area contributed by atoms with Gasteiger partial charge in [-0.2, -0.15) is 0 Å². The third-order valence-electron chi connectivity index (χ3n) is 3.17. The van der Waals surface area contributed by atoms with Crippen LogP contribution in [0.5, 0.6) is 0 Å². The van der Waals surface area contributed by atoms with Crippen molar-refractivity contribution >= 4 is 22.4 Å². The summed E-state index contributed by atoms with van der Waals surface area (Å²) < 4.78 is 5.09. The second kappa shape index (κ2) is 5.25. The molecule has 0 spiro atoms. The van der Waals surface area contributed by atoms with Gasteiger partial charge in [0.15, 0.2) is 5.76 Å². The van der Waals surface area contributed by atoms with Gasteiger partial charge in [-0.1, -0.05) is 30.3 Å². The molecule has 2 aromatic carbocycles. The molecule has 3 aromatic rings. The van der Waals surface area contributed by atoms with Gasteiger partial charge in [-0.15, -0.1) is 0 Å². The SMILES string of the molecule is Cc1cccc(NC(=O)c2cc3ccccc3c(=O)o2)c1. The molecule has 0 unspecified atom stereocenters. The number of fused-ring (bicyclic) bond motifs is 1. The third-order valence-corrected chi connectivity index (χ3v) is 3.17. The van der Waals surface area contributed by atoms with Crippen LogP contribution in [0, 0.1) is 6.92 Å². The number of carbonyl (C=O) groups is 1. The molecular weight excluding hydrogens is 266 g/mol. The molecule has 4 nitrogen and oxygen atoms in total. The molecule has 0 aliphatic carbocycles. The first-order valence-corrected chi connectivity index (χ1v) is 6.54. The molecule has 0 saturated carbocycles. The number of benzene rings is 2. The molecule has 0 saturated heterocycles. The van der Waals surface area contributed by atoms with Gasteiger partial charge in [0.25, 0.3) is 5.91 Å². The summed E-state index contributed by atoms with van der Waals surface area (Å²) >= 11 is 0. The molecule has 1 heterocycles. The first-order chi connectivity index (χ1) is 10.1. The van der Waals surface area contributed by atoms with Gasteiger partial charge in [0, 0.05) is 5.69 Å². The topological polar surface area (TPSA) is 59.3 Å². The lowest BCUT2D eigenvalue weighted by Crippen LogP contribution is -2.15. The van der Waals surface area contributed by atoms with Crippen LogP contribution in [0.4, 0.5) is 5.69 Å². The van der Waals surface area contributed by atoms with Crippen molar-refractivity contribution in [3.8, 4) is 0 Å². The standard InChI is InChI=1S/C17H13NO3/c1-11-5-4-7-13(9-11)18-16(19)15-10-12-6-2-3-8-14(12)17(20)21-15/h2-10H,1H3,(H,18,19). The second-order valence-corrected chi connectivity index (χ2v) is 4.81. The summed E-state index contributed by atoms with van der Waals surface area (Å²) in [5.74, 6) is -0.441. The van der Waals surface area contributed by atoms with Crippen molar-refractivity contribution in [1.82, 2.24) is 0 Å². The van der Waals surface area contributed by atoms with Gasteiger partial charge in [-0.25, -0.2) is 4.79 Å². The van der Waals surface area contributed by atoms with Crippen LogP contribution in [-0.2, 0) is 0 Å². The first-order valence-electron chi connectivity index (χ1n) is 6.54. The van der Waals surface area contributed by atoms with E-state index in [1.165, 1.54) is 0 Å². The van der Waals surface area contributed by atoms with Gasteiger partial charge in [-0.3, -0.25) is 4.79 Å². The lowest BCUT2D eigenvalue weighted by atomic mass is 10.1. The molecule has 4 heteroatoms. The predicted octanol–water partition coefficient (Wildman–Crippen LogP) is 3.35. The smallest absolute Gasteiger partial charge is 0.344 e. The van der Waals surface area contributed by atoms with Crippen LogP contribution in [0.3, 0.4) is 0 Å². The van der Waals surface area contributed by atoms with Crippen molar-refractivity contribution in [3.63, 3.8) is 0 Å². The number of amides is 1. The Morgan fingerprint density at radius 1 is 1.05 bits per heavy atom. The average molecular weight is 279 g/mol. The molecule has 0 aliphatic rings. The average Bonchev–Trinajstić information content (AvgIpc) is 2.47. The highest BCUT2D eigenvalue weighted by Crippen LogP contribution is 2.14. The largest absolute Gasteiger partial charge is 0.417 e. The van der Waals surface area contributed by atoms with Crippen molar-refractivity contribution in [2.45, 2.75) is 6.92 Å². The van der Waals surface area contributed by atoms with Crippen LogP contribution < -0.4 is 10.9 Å². The van der Waals surface area contributed by atoms with E-state index in [1.54, 1.807) is 30.3 Å².